The molecule has 40 heavy (non-hydrogen) atoms. The maximum Gasteiger partial charge on any atom is 0.312 e. The summed E-state index contributed by atoms with van der Waals surface area (Å²) in [6.45, 7) is 12.7. The Morgan fingerprint density at radius 1 is 0.650 bits per heavy atom. The summed E-state index contributed by atoms with van der Waals surface area (Å²) in [5, 5.41) is 11.2. The van der Waals surface area contributed by atoms with Gasteiger partial charge in [0.25, 0.3) is 0 Å². The molecular weight excluding hydrogens is 636 g/mol. The van der Waals surface area contributed by atoms with Crippen molar-refractivity contribution in [1.29, 1.82) is 0 Å². The molecule has 4 rings (SSSR count). The number of nitro benzene ring substituents is 1. The Morgan fingerprint density at radius 3 is 1.52 bits per heavy atom. The second-order valence-electron chi connectivity index (χ2n) is 11.2. The molecule has 210 valence electrons. The molecule has 0 atom stereocenters. The van der Waals surface area contributed by atoms with Gasteiger partial charge in [-0.1, -0.05) is 110 Å². The zero-order valence-electron chi connectivity index (χ0n) is 23.5. The zero-order valence-corrected chi connectivity index (χ0v) is 26.7. The normalized spacial score (nSPS) is 11.3. The van der Waals surface area contributed by atoms with E-state index in [-0.39, 0.29) is 22.3 Å². The van der Waals surface area contributed by atoms with Gasteiger partial charge in [0.15, 0.2) is 0 Å². The van der Waals surface area contributed by atoms with Crippen LogP contribution in [0.5, 0.6) is 23.0 Å². The second kappa shape index (κ2) is 12.9. The summed E-state index contributed by atoms with van der Waals surface area (Å²) in [7, 11) is 0. The molecule has 0 heterocycles. The van der Waals surface area contributed by atoms with Crippen molar-refractivity contribution >= 4 is 43.2 Å². The van der Waals surface area contributed by atoms with E-state index in [0.29, 0.717) is 21.7 Å². The molecule has 0 bridgehead atoms. The van der Waals surface area contributed by atoms with E-state index >= 15 is 0 Å². The van der Waals surface area contributed by atoms with Crippen molar-refractivity contribution in [2.75, 3.05) is 5.73 Å². The Morgan fingerprint density at radius 2 is 1.07 bits per heavy atom. The van der Waals surface area contributed by atoms with Crippen LogP contribution in [0.3, 0.4) is 0 Å². The summed E-state index contributed by atoms with van der Waals surface area (Å²) in [6.07, 6.45) is 0. The topological polar surface area (TPSA) is 87.6 Å². The number of nitro groups is 1. The third kappa shape index (κ3) is 8.32. The lowest BCUT2D eigenvalue weighted by atomic mass is 9.86. The fourth-order valence-corrected chi connectivity index (χ4v) is 4.65. The van der Waals surface area contributed by atoms with E-state index in [2.05, 4.69) is 79.5 Å². The number of para-hydroxylation sites is 2. The minimum atomic E-state index is -0.445. The Labute approximate surface area is 252 Å². The first-order chi connectivity index (χ1) is 18.7. The van der Waals surface area contributed by atoms with Crippen molar-refractivity contribution in [2.24, 2.45) is 0 Å². The number of rotatable bonds is 5. The van der Waals surface area contributed by atoms with E-state index in [1.165, 1.54) is 6.07 Å². The van der Waals surface area contributed by atoms with Gasteiger partial charge in [-0.3, -0.25) is 10.1 Å². The van der Waals surface area contributed by atoms with Gasteiger partial charge in [0.2, 0.25) is 5.75 Å². The molecule has 0 unspecified atom stereocenters. The zero-order chi connectivity index (χ0) is 29.7. The van der Waals surface area contributed by atoms with Gasteiger partial charge in [-0.25, -0.2) is 0 Å². The molecule has 6 nitrogen and oxygen atoms in total. The van der Waals surface area contributed by atoms with Crippen molar-refractivity contribution < 1.29 is 14.4 Å². The lowest BCUT2D eigenvalue weighted by Crippen LogP contribution is -2.12. The summed E-state index contributed by atoms with van der Waals surface area (Å²) in [5.74, 6) is 2.40. The smallest absolute Gasteiger partial charge is 0.312 e. The third-order valence-electron chi connectivity index (χ3n) is 5.92. The fraction of sp³-hybridized carbons (Fsp3) is 0.250. The van der Waals surface area contributed by atoms with Crippen LogP contribution in [0.4, 0.5) is 11.4 Å². The standard InChI is InChI=1S/C16H16BrNO3.C16H18BrNO/c1-16(2,3)12-6-4-5-7-14(12)21-15-9-8-11(17)10-13(15)18(19)20;1-16(2,3)12-6-4-5-7-14(12)19-15-9-8-11(17)10-13(15)18/h4-10H,1-3H3;4-10H,18H2,1-3H3. The summed E-state index contributed by atoms with van der Waals surface area (Å²) >= 11 is 6.63. The fourth-order valence-electron chi connectivity index (χ4n) is 3.92. The van der Waals surface area contributed by atoms with Gasteiger partial charge < -0.3 is 15.2 Å². The van der Waals surface area contributed by atoms with Crippen LogP contribution in [0.2, 0.25) is 0 Å². The van der Waals surface area contributed by atoms with Crippen LogP contribution < -0.4 is 15.2 Å². The molecule has 0 saturated heterocycles. The largest absolute Gasteiger partial charge is 0.455 e. The Hall–Kier alpha value is -3.36. The van der Waals surface area contributed by atoms with Crippen LogP contribution in [0, 0.1) is 10.1 Å². The molecule has 0 radical (unpaired) electrons. The molecule has 0 aromatic heterocycles. The van der Waals surface area contributed by atoms with Crippen LogP contribution in [0.25, 0.3) is 0 Å². The molecule has 0 aliphatic heterocycles. The number of ether oxygens (including phenoxy) is 2. The van der Waals surface area contributed by atoms with Gasteiger partial charge in [-0.2, -0.15) is 0 Å². The highest BCUT2D eigenvalue weighted by molar-refractivity contribution is 9.10. The van der Waals surface area contributed by atoms with Crippen molar-refractivity contribution in [3.8, 4) is 23.0 Å². The van der Waals surface area contributed by atoms with Crippen LogP contribution in [-0.2, 0) is 10.8 Å². The molecule has 4 aromatic rings. The van der Waals surface area contributed by atoms with E-state index in [9.17, 15) is 10.1 Å². The number of nitrogens with two attached hydrogens (primary N) is 1. The molecule has 0 fully saturated rings. The van der Waals surface area contributed by atoms with E-state index < -0.39 is 4.92 Å². The highest BCUT2D eigenvalue weighted by Crippen LogP contribution is 2.39. The summed E-state index contributed by atoms with van der Waals surface area (Å²) in [5.41, 5.74) is 8.62. The monoisotopic (exact) mass is 668 g/mol. The SMILES string of the molecule is CC(C)(C)c1ccccc1Oc1ccc(Br)cc1N.CC(C)(C)c1ccccc1Oc1ccc(Br)cc1[N+](=O)[O-]. The number of hydrogen-bond acceptors (Lipinski definition) is 5. The lowest BCUT2D eigenvalue weighted by Gasteiger charge is -2.22. The van der Waals surface area contributed by atoms with Crippen LogP contribution in [-0.4, -0.2) is 4.92 Å². The third-order valence-corrected chi connectivity index (χ3v) is 6.91. The predicted octanol–water partition coefficient (Wildman–Crippen LogP) is 10.6. The van der Waals surface area contributed by atoms with Crippen LogP contribution in [0.1, 0.15) is 52.7 Å². The van der Waals surface area contributed by atoms with E-state index in [0.717, 1.165) is 21.3 Å². The highest BCUT2D eigenvalue weighted by Gasteiger charge is 2.22. The number of nitrogens with zero attached hydrogens (tertiary/aromatic N) is 1. The Balaban J connectivity index is 0.000000222. The minimum absolute atomic E-state index is 0.0285. The van der Waals surface area contributed by atoms with Crippen molar-refractivity contribution in [1.82, 2.24) is 0 Å². The van der Waals surface area contributed by atoms with Crippen molar-refractivity contribution in [2.45, 2.75) is 52.4 Å². The quantitative estimate of drug-likeness (QED) is 0.130. The van der Waals surface area contributed by atoms with Gasteiger partial charge in [-0.15, -0.1) is 0 Å². The van der Waals surface area contributed by atoms with Gasteiger partial charge in [0.1, 0.15) is 17.2 Å². The Bertz CT molecular complexity index is 1490. The molecule has 4 aromatic carbocycles. The molecule has 8 heteroatoms. The molecule has 0 amide bonds. The number of hydrogen-bond donors (Lipinski definition) is 1. The molecular formula is C32H34Br2N2O4. The molecule has 0 aliphatic rings. The number of nitrogen functional groups attached to an aromatic ring is 1. The predicted molar refractivity (Wildman–Crippen MR) is 170 cm³/mol. The van der Waals surface area contributed by atoms with Crippen molar-refractivity contribution in [3.05, 3.63) is 115 Å². The van der Waals surface area contributed by atoms with Crippen LogP contribution >= 0.6 is 31.9 Å². The number of anilines is 1. The number of halogens is 2. The first-order valence-corrected chi connectivity index (χ1v) is 14.3. The lowest BCUT2D eigenvalue weighted by molar-refractivity contribution is -0.385. The maximum atomic E-state index is 11.2. The van der Waals surface area contributed by atoms with E-state index in [4.69, 9.17) is 15.2 Å². The minimum Gasteiger partial charge on any atom is -0.455 e. The maximum absolute atomic E-state index is 11.2. The first-order valence-electron chi connectivity index (χ1n) is 12.7. The average Bonchev–Trinajstić information content (AvgIpc) is 2.86. The van der Waals surface area contributed by atoms with Gasteiger partial charge in [0.05, 0.1) is 10.6 Å². The molecule has 0 spiro atoms. The van der Waals surface area contributed by atoms with Gasteiger partial charge >= 0.3 is 5.69 Å². The summed E-state index contributed by atoms with van der Waals surface area (Å²) in [4.78, 5) is 10.7. The molecule has 0 saturated carbocycles. The summed E-state index contributed by atoms with van der Waals surface area (Å²) in [6, 6.07) is 26.0. The highest BCUT2D eigenvalue weighted by atomic mass is 79.9. The molecule has 2 N–H and O–H groups in total. The van der Waals surface area contributed by atoms with Gasteiger partial charge in [0, 0.05) is 26.1 Å². The summed E-state index contributed by atoms with van der Waals surface area (Å²) < 4.78 is 13.4. The Kier molecular flexibility index (Phi) is 10.0. The van der Waals surface area contributed by atoms with E-state index in [1.807, 2.05) is 60.7 Å². The van der Waals surface area contributed by atoms with E-state index in [1.54, 1.807) is 12.1 Å². The second-order valence-corrected chi connectivity index (χ2v) is 13.1. The van der Waals surface area contributed by atoms with Crippen LogP contribution in [0.15, 0.2) is 93.9 Å². The average molecular weight is 670 g/mol. The van der Waals surface area contributed by atoms with Crippen molar-refractivity contribution in [3.63, 3.8) is 0 Å². The number of benzene rings is 4. The van der Waals surface area contributed by atoms with Gasteiger partial charge in [-0.05, 0) is 53.3 Å². The first kappa shape index (κ1) is 31.2. The molecule has 0 aliphatic carbocycles.